The first-order valence-electron chi connectivity index (χ1n) is 4.50. The molecule has 0 spiro atoms. The summed E-state index contributed by atoms with van der Waals surface area (Å²) in [6, 6.07) is 1.25. The minimum Gasteiger partial charge on any atom is -0.330 e. The third kappa shape index (κ3) is 25.7. The molecule has 0 saturated carbocycles. The molecule has 2 heteroatoms. The third-order valence-electron chi connectivity index (χ3n) is 0.955. The van der Waals surface area contributed by atoms with Gasteiger partial charge in [0, 0.05) is 12.1 Å². The van der Waals surface area contributed by atoms with Crippen LogP contribution in [-0.2, 0) is 0 Å². The van der Waals surface area contributed by atoms with Crippen LogP contribution in [0, 0.1) is 0 Å². The largest absolute Gasteiger partial charge is 0.330 e. The summed E-state index contributed by atoms with van der Waals surface area (Å²) in [4.78, 5) is 0. The average Bonchev–Trinajstić information content (AvgIpc) is 1.85. The van der Waals surface area contributed by atoms with Crippen molar-refractivity contribution in [1.29, 1.82) is 0 Å². The van der Waals surface area contributed by atoms with E-state index >= 15 is 0 Å². The molecule has 0 aliphatic rings. The van der Waals surface area contributed by atoms with Gasteiger partial charge in [-0.2, -0.15) is 0 Å². The molecule has 0 aromatic heterocycles. The van der Waals surface area contributed by atoms with E-state index in [0.29, 0.717) is 12.1 Å². The first-order chi connectivity index (χ1) is 5.04. The molecular weight excluding hydrogens is 136 g/mol. The van der Waals surface area contributed by atoms with Gasteiger partial charge in [0.1, 0.15) is 0 Å². The van der Waals surface area contributed by atoms with E-state index in [1.165, 1.54) is 0 Å². The summed E-state index contributed by atoms with van der Waals surface area (Å²) in [5.41, 5.74) is 5.03. The normalized spacial score (nSPS) is 9.82. The Labute approximate surface area is 71.6 Å². The molecule has 11 heavy (non-hydrogen) atoms. The minimum absolute atomic E-state index is 0.625. The molecule has 0 radical (unpaired) electrons. The summed E-state index contributed by atoms with van der Waals surface area (Å²) in [5.74, 6) is 0. The molecule has 2 nitrogen and oxygen atoms in total. The Morgan fingerprint density at radius 2 is 1.36 bits per heavy atom. The van der Waals surface area contributed by atoms with Gasteiger partial charge in [-0.15, -0.1) is 0 Å². The van der Waals surface area contributed by atoms with Crippen LogP contribution in [0.3, 0.4) is 0 Å². The third-order valence-corrected chi connectivity index (χ3v) is 0.955. The SMILES string of the molecule is CC(C)NC(C)C.CCCN. The summed E-state index contributed by atoms with van der Waals surface area (Å²) >= 11 is 0. The summed E-state index contributed by atoms with van der Waals surface area (Å²) < 4.78 is 0. The monoisotopic (exact) mass is 160 g/mol. The Morgan fingerprint density at radius 1 is 1.09 bits per heavy atom. The summed E-state index contributed by atoms with van der Waals surface area (Å²) in [6.45, 7) is 11.5. The number of nitrogens with one attached hydrogen (secondary N) is 1. The van der Waals surface area contributed by atoms with Crippen molar-refractivity contribution in [3.63, 3.8) is 0 Å². The predicted octanol–water partition coefficient (Wildman–Crippen LogP) is 1.75. The molecule has 0 aliphatic heterocycles. The van der Waals surface area contributed by atoms with Crippen molar-refractivity contribution in [3.8, 4) is 0 Å². The second kappa shape index (κ2) is 9.92. The van der Waals surface area contributed by atoms with E-state index in [4.69, 9.17) is 5.73 Å². The molecule has 0 bridgehead atoms. The van der Waals surface area contributed by atoms with Crippen LogP contribution in [-0.4, -0.2) is 18.6 Å². The maximum absolute atomic E-state index is 5.03. The highest BCUT2D eigenvalue weighted by molar-refractivity contribution is 4.55. The summed E-state index contributed by atoms with van der Waals surface area (Å²) in [6.07, 6.45) is 1.10. The van der Waals surface area contributed by atoms with Crippen molar-refractivity contribution in [3.05, 3.63) is 0 Å². The van der Waals surface area contributed by atoms with Crippen LogP contribution in [0.25, 0.3) is 0 Å². The Bertz CT molecular complexity index is 52.6. The van der Waals surface area contributed by atoms with Crippen LogP contribution in [0.2, 0.25) is 0 Å². The van der Waals surface area contributed by atoms with Crippen molar-refractivity contribution < 1.29 is 0 Å². The Kier molecular flexibility index (Phi) is 12.2. The maximum atomic E-state index is 5.03. The molecule has 0 amide bonds. The van der Waals surface area contributed by atoms with E-state index in [2.05, 4.69) is 39.9 Å². The number of hydrogen-bond acceptors (Lipinski definition) is 2. The lowest BCUT2D eigenvalue weighted by atomic mass is 10.3. The topological polar surface area (TPSA) is 38.0 Å². The fourth-order valence-corrected chi connectivity index (χ4v) is 0.667. The molecule has 0 saturated heterocycles. The highest BCUT2D eigenvalue weighted by Crippen LogP contribution is 1.80. The van der Waals surface area contributed by atoms with Crippen LogP contribution in [0.1, 0.15) is 41.0 Å². The zero-order chi connectivity index (χ0) is 9.28. The molecular formula is C9H24N2. The van der Waals surface area contributed by atoms with E-state index < -0.39 is 0 Å². The van der Waals surface area contributed by atoms with Crippen molar-refractivity contribution in [2.45, 2.75) is 53.1 Å². The number of nitrogens with two attached hydrogens (primary N) is 1. The Morgan fingerprint density at radius 3 is 1.36 bits per heavy atom. The zero-order valence-corrected chi connectivity index (χ0v) is 8.65. The quantitative estimate of drug-likeness (QED) is 0.660. The van der Waals surface area contributed by atoms with Gasteiger partial charge in [0.05, 0.1) is 0 Å². The van der Waals surface area contributed by atoms with Crippen LogP contribution in [0.15, 0.2) is 0 Å². The van der Waals surface area contributed by atoms with Gasteiger partial charge >= 0.3 is 0 Å². The van der Waals surface area contributed by atoms with Gasteiger partial charge in [0.25, 0.3) is 0 Å². The molecule has 3 N–H and O–H groups in total. The average molecular weight is 160 g/mol. The fraction of sp³-hybridized carbons (Fsp3) is 1.00. The second-order valence-corrected chi connectivity index (χ2v) is 3.26. The smallest absolute Gasteiger partial charge is 0.00127 e. The number of hydrogen-bond donors (Lipinski definition) is 2. The standard InChI is InChI=1S/C6H15N.C3H9N/c1-5(2)7-6(3)4;1-2-3-4/h5-7H,1-4H3;2-4H2,1H3. The van der Waals surface area contributed by atoms with Crippen molar-refractivity contribution in [2.24, 2.45) is 5.73 Å². The van der Waals surface area contributed by atoms with E-state index in [0.717, 1.165) is 13.0 Å². The highest BCUT2D eigenvalue weighted by atomic mass is 14.9. The van der Waals surface area contributed by atoms with Crippen LogP contribution >= 0.6 is 0 Å². The van der Waals surface area contributed by atoms with Crippen LogP contribution < -0.4 is 11.1 Å². The van der Waals surface area contributed by atoms with Crippen molar-refractivity contribution in [2.75, 3.05) is 6.54 Å². The maximum Gasteiger partial charge on any atom is 0.00127 e. The number of rotatable bonds is 3. The van der Waals surface area contributed by atoms with Gasteiger partial charge in [-0.05, 0) is 13.0 Å². The van der Waals surface area contributed by atoms with E-state index in [9.17, 15) is 0 Å². The molecule has 0 atom stereocenters. The molecule has 70 valence electrons. The molecule has 0 rings (SSSR count). The lowest BCUT2D eigenvalue weighted by Crippen LogP contribution is -2.29. The van der Waals surface area contributed by atoms with Gasteiger partial charge in [-0.1, -0.05) is 34.6 Å². The molecule has 0 unspecified atom stereocenters. The molecule has 0 aromatic rings. The van der Waals surface area contributed by atoms with Gasteiger partial charge in [-0.3, -0.25) is 0 Å². The first kappa shape index (κ1) is 13.5. The first-order valence-corrected chi connectivity index (χ1v) is 4.50. The lowest BCUT2D eigenvalue weighted by Gasteiger charge is -2.10. The van der Waals surface area contributed by atoms with Crippen LogP contribution in [0.5, 0.6) is 0 Å². The Balaban J connectivity index is 0. The van der Waals surface area contributed by atoms with Crippen molar-refractivity contribution >= 4 is 0 Å². The van der Waals surface area contributed by atoms with Crippen LogP contribution in [0.4, 0.5) is 0 Å². The lowest BCUT2D eigenvalue weighted by molar-refractivity contribution is 0.518. The summed E-state index contributed by atoms with van der Waals surface area (Å²) in [5, 5.41) is 3.31. The Hall–Kier alpha value is -0.0800. The van der Waals surface area contributed by atoms with Gasteiger partial charge < -0.3 is 11.1 Å². The van der Waals surface area contributed by atoms with E-state index in [1.54, 1.807) is 0 Å². The van der Waals surface area contributed by atoms with Gasteiger partial charge in [0.2, 0.25) is 0 Å². The minimum atomic E-state index is 0.625. The van der Waals surface area contributed by atoms with Crippen molar-refractivity contribution in [1.82, 2.24) is 5.32 Å². The fourth-order valence-electron chi connectivity index (χ4n) is 0.667. The summed E-state index contributed by atoms with van der Waals surface area (Å²) in [7, 11) is 0. The molecule has 0 fully saturated rings. The van der Waals surface area contributed by atoms with Gasteiger partial charge in [0.15, 0.2) is 0 Å². The molecule has 0 heterocycles. The highest BCUT2D eigenvalue weighted by Gasteiger charge is 1.92. The molecule has 0 aromatic carbocycles. The predicted molar refractivity (Wildman–Crippen MR) is 52.8 cm³/mol. The zero-order valence-electron chi connectivity index (χ0n) is 8.65. The van der Waals surface area contributed by atoms with Gasteiger partial charge in [-0.25, -0.2) is 0 Å². The van der Waals surface area contributed by atoms with E-state index in [1.807, 2.05) is 0 Å². The van der Waals surface area contributed by atoms with E-state index in [-0.39, 0.29) is 0 Å². The molecule has 0 aliphatic carbocycles. The second-order valence-electron chi connectivity index (χ2n) is 3.26.